The highest BCUT2D eigenvalue weighted by Crippen LogP contribution is 2.16. The van der Waals surface area contributed by atoms with E-state index in [0.29, 0.717) is 17.3 Å². The van der Waals surface area contributed by atoms with Crippen molar-refractivity contribution >= 4 is 11.6 Å². The second kappa shape index (κ2) is 9.71. The van der Waals surface area contributed by atoms with Crippen LogP contribution < -0.4 is 5.32 Å². The van der Waals surface area contributed by atoms with Crippen molar-refractivity contribution in [3.63, 3.8) is 0 Å². The summed E-state index contributed by atoms with van der Waals surface area (Å²) in [6.45, 7) is 4.68. The molecular weight excluding hydrogens is 404 g/mol. The van der Waals surface area contributed by atoms with Gasteiger partial charge in [-0.25, -0.2) is 0 Å². The molecule has 0 unspecified atom stereocenters. The Balaban J connectivity index is 1.48. The van der Waals surface area contributed by atoms with Crippen molar-refractivity contribution in [3.05, 3.63) is 77.5 Å². The molecule has 1 N–H and O–H groups in total. The number of anilines is 1. The largest absolute Gasteiger partial charge is 0.459 e. The van der Waals surface area contributed by atoms with E-state index in [1.165, 1.54) is 6.26 Å². The second-order valence-electron chi connectivity index (χ2n) is 7.24. The molecule has 0 radical (unpaired) electrons. The molecule has 0 aliphatic heterocycles. The fraction of sp³-hybridized carbons (Fsp3) is 0.208. The Kier molecular flexibility index (Phi) is 6.37. The fourth-order valence-electron chi connectivity index (χ4n) is 3.00. The van der Waals surface area contributed by atoms with Crippen LogP contribution in [-0.2, 0) is 6.54 Å². The first-order valence-corrected chi connectivity index (χ1v) is 10.3. The SMILES string of the molecule is CCCCn1nnc(-c2cncc(C#Cc3cccc(NC(=O)c4occc4C)c3)c2)n1. The first-order chi connectivity index (χ1) is 15.6. The third kappa shape index (κ3) is 5.08. The number of tetrazole rings is 1. The van der Waals surface area contributed by atoms with E-state index < -0.39 is 0 Å². The second-order valence-corrected chi connectivity index (χ2v) is 7.24. The van der Waals surface area contributed by atoms with Gasteiger partial charge in [-0.1, -0.05) is 31.3 Å². The minimum Gasteiger partial charge on any atom is -0.459 e. The Morgan fingerprint density at radius 2 is 2.03 bits per heavy atom. The van der Waals surface area contributed by atoms with Gasteiger partial charge in [0.15, 0.2) is 5.76 Å². The van der Waals surface area contributed by atoms with Gasteiger partial charge in [-0.05, 0) is 48.9 Å². The highest BCUT2D eigenvalue weighted by atomic mass is 16.3. The van der Waals surface area contributed by atoms with Crippen molar-refractivity contribution in [2.45, 2.75) is 33.2 Å². The Hall–Kier alpha value is -4.25. The molecule has 0 saturated heterocycles. The van der Waals surface area contributed by atoms with Crippen LogP contribution in [0.1, 0.15) is 47.0 Å². The molecule has 0 saturated carbocycles. The Morgan fingerprint density at radius 3 is 2.84 bits per heavy atom. The van der Waals surface area contributed by atoms with Crippen molar-refractivity contribution in [1.82, 2.24) is 25.2 Å². The lowest BCUT2D eigenvalue weighted by molar-refractivity contribution is 0.0996. The molecule has 0 bridgehead atoms. The number of furan rings is 1. The standard InChI is InChI=1S/C24H22N6O2/c1-3-4-11-30-28-23(27-29-30)20-13-19(15-25-16-20)9-8-18-6-5-7-21(14-18)26-24(31)22-17(2)10-12-32-22/h5-7,10,12-16H,3-4,11H2,1-2H3,(H,26,31). The Labute approximate surface area is 185 Å². The molecule has 0 aliphatic carbocycles. The molecule has 3 aromatic heterocycles. The summed E-state index contributed by atoms with van der Waals surface area (Å²) in [6, 6.07) is 11.0. The van der Waals surface area contributed by atoms with E-state index in [9.17, 15) is 4.79 Å². The summed E-state index contributed by atoms with van der Waals surface area (Å²) < 4.78 is 5.24. The zero-order valence-corrected chi connectivity index (χ0v) is 17.9. The Morgan fingerprint density at radius 1 is 1.16 bits per heavy atom. The van der Waals surface area contributed by atoms with Gasteiger partial charge in [0, 0.05) is 40.3 Å². The monoisotopic (exact) mass is 426 g/mol. The molecule has 160 valence electrons. The van der Waals surface area contributed by atoms with Gasteiger partial charge < -0.3 is 9.73 Å². The van der Waals surface area contributed by atoms with Gasteiger partial charge in [-0.3, -0.25) is 9.78 Å². The third-order valence-electron chi connectivity index (χ3n) is 4.70. The maximum Gasteiger partial charge on any atom is 0.291 e. The Bertz CT molecular complexity index is 1290. The lowest BCUT2D eigenvalue weighted by Gasteiger charge is -2.04. The number of rotatable bonds is 6. The molecule has 0 fully saturated rings. The highest BCUT2D eigenvalue weighted by Gasteiger charge is 2.12. The van der Waals surface area contributed by atoms with Crippen molar-refractivity contribution < 1.29 is 9.21 Å². The zero-order valence-electron chi connectivity index (χ0n) is 17.9. The number of nitrogens with one attached hydrogen (secondary N) is 1. The van der Waals surface area contributed by atoms with E-state index in [1.54, 1.807) is 35.4 Å². The van der Waals surface area contributed by atoms with Crippen molar-refractivity contribution in [3.8, 4) is 23.2 Å². The molecule has 0 aliphatic rings. The van der Waals surface area contributed by atoms with Crippen LogP contribution in [0.5, 0.6) is 0 Å². The lowest BCUT2D eigenvalue weighted by Crippen LogP contribution is -2.12. The number of nitrogens with zero attached hydrogens (tertiary/aromatic N) is 5. The molecule has 0 atom stereocenters. The number of hydrogen-bond acceptors (Lipinski definition) is 6. The number of unbranched alkanes of at least 4 members (excludes halogenated alkanes) is 1. The van der Waals surface area contributed by atoms with Crippen LogP contribution >= 0.6 is 0 Å². The lowest BCUT2D eigenvalue weighted by atomic mass is 10.1. The number of pyridine rings is 1. The van der Waals surface area contributed by atoms with Crippen LogP contribution in [0.4, 0.5) is 5.69 Å². The van der Waals surface area contributed by atoms with Gasteiger partial charge in [0.25, 0.3) is 5.91 Å². The van der Waals surface area contributed by atoms with E-state index in [4.69, 9.17) is 4.42 Å². The average molecular weight is 426 g/mol. The van der Waals surface area contributed by atoms with Crippen LogP contribution in [-0.4, -0.2) is 31.1 Å². The van der Waals surface area contributed by atoms with Crippen LogP contribution in [0.25, 0.3) is 11.4 Å². The van der Waals surface area contributed by atoms with Crippen LogP contribution in [0, 0.1) is 18.8 Å². The first-order valence-electron chi connectivity index (χ1n) is 10.3. The number of aryl methyl sites for hydroxylation is 2. The summed E-state index contributed by atoms with van der Waals surface area (Å²) in [7, 11) is 0. The number of aromatic nitrogens is 5. The molecular formula is C24H22N6O2. The highest BCUT2D eigenvalue weighted by molar-refractivity contribution is 6.03. The van der Waals surface area contributed by atoms with E-state index >= 15 is 0 Å². The summed E-state index contributed by atoms with van der Waals surface area (Å²) in [4.78, 5) is 18.2. The molecule has 0 spiro atoms. The number of carbonyl (C=O) groups is 1. The topological polar surface area (TPSA) is 98.7 Å². The summed E-state index contributed by atoms with van der Waals surface area (Å²) in [5, 5.41) is 15.4. The maximum absolute atomic E-state index is 12.4. The van der Waals surface area contributed by atoms with Crippen molar-refractivity contribution in [2.24, 2.45) is 0 Å². The van der Waals surface area contributed by atoms with E-state index in [-0.39, 0.29) is 5.91 Å². The molecule has 1 aromatic carbocycles. The molecule has 3 heterocycles. The van der Waals surface area contributed by atoms with Crippen LogP contribution in [0.3, 0.4) is 0 Å². The molecule has 1 amide bonds. The third-order valence-corrected chi connectivity index (χ3v) is 4.70. The molecule has 8 nitrogen and oxygen atoms in total. The first kappa shape index (κ1) is 21.0. The normalized spacial score (nSPS) is 10.4. The number of hydrogen-bond donors (Lipinski definition) is 1. The fourth-order valence-corrected chi connectivity index (χ4v) is 3.00. The van der Waals surface area contributed by atoms with E-state index in [2.05, 4.69) is 44.5 Å². The van der Waals surface area contributed by atoms with Gasteiger partial charge >= 0.3 is 0 Å². The summed E-state index contributed by atoms with van der Waals surface area (Å²) in [5.41, 5.74) is 3.67. The molecule has 8 heteroatoms. The van der Waals surface area contributed by atoms with Crippen molar-refractivity contribution in [2.75, 3.05) is 5.32 Å². The van der Waals surface area contributed by atoms with Gasteiger partial charge in [0.05, 0.1) is 12.8 Å². The maximum atomic E-state index is 12.4. The predicted molar refractivity (Wildman–Crippen MR) is 120 cm³/mol. The predicted octanol–water partition coefficient (Wildman–Crippen LogP) is 4.09. The van der Waals surface area contributed by atoms with Crippen molar-refractivity contribution in [1.29, 1.82) is 0 Å². The van der Waals surface area contributed by atoms with Gasteiger partial charge in [-0.15, -0.1) is 10.2 Å². The average Bonchev–Trinajstić information content (AvgIpc) is 3.46. The van der Waals surface area contributed by atoms with Gasteiger partial charge in [0.1, 0.15) is 0 Å². The smallest absolute Gasteiger partial charge is 0.291 e. The molecule has 32 heavy (non-hydrogen) atoms. The van der Waals surface area contributed by atoms with E-state index in [0.717, 1.165) is 41.6 Å². The minimum atomic E-state index is -0.297. The number of amides is 1. The summed E-state index contributed by atoms with van der Waals surface area (Å²) in [5.74, 6) is 6.73. The van der Waals surface area contributed by atoms with Crippen LogP contribution in [0.2, 0.25) is 0 Å². The van der Waals surface area contributed by atoms with Gasteiger partial charge in [0.2, 0.25) is 5.82 Å². The molecule has 4 rings (SSSR count). The summed E-state index contributed by atoms with van der Waals surface area (Å²) in [6.07, 6.45) is 6.94. The zero-order chi connectivity index (χ0) is 22.3. The number of carbonyl (C=O) groups excluding carboxylic acids is 1. The van der Waals surface area contributed by atoms with Gasteiger partial charge in [-0.2, -0.15) is 4.80 Å². The van der Waals surface area contributed by atoms with Crippen LogP contribution in [0.15, 0.2) is 59.5 Å². The quantitative estimate of drug-likeness (QED) is 0.466. The number of benzene rings is 1. The molecule has 4 aromatic rings. The summed E-state index contributed by atoms with van der Waals surface area (Å²) >= 11 is 0. The van der Waals surface area contributed by atoms with E-state index in [1.807, 2.05) is 25.1 Å². The minimum absolute atomic E-state index is 0.296.